The van der Waals surface area contributed by atoms with Crippen molar-refractivity contribution in [3.05, 3.63) is 230 Å². The Hall–Kier alpha value is -7.20. The molecule has 0 unspecified atom stereocenters. The van der Waals surface area contributed by atoms with E-state index in [0.717, 1.165) is 28.1 Å². The number of rotatable bonds is 8. The van der Waals surface area contributed by atoms with Gasteiger partial charge in [0.15, 0.2) is 0 Å². The summed E-state index contributed by atoms with van der Waals surface area (Å²) in [6.07, 6.45) is 10.6. The van der Waals surface area contributed by atoms with Crippen LogP contribution in [0.4, 0.5) is 5.69 Å². The molecule has 0 bridgehead atoms. The molecule has 0 fully saturated rings. The number of aromatic nitrogens is 1. The second-order valence-electron chi connectivity index (χ2n) is 16.4. The zero-order valence-electron chi connectivity index (χ0n) is 33.7. The van der Waals surface area contributed by atoms with Crippen molar-refractivity contribution < 1.29 is 0 Å². The molecule has 2 nitrogen and oxygen atoms in total. The van der Waals surface area contributed by atoms with Gasteiger partial charge in [-0.2, -0.15) is 0 Å². The molecule has 11 rings (SSSR count). The van der Waals surface area contributed by atoms with Gasteiger partial charge in [-0.1, -0.05) is 143 Å². The van der Waals surface area contributed by atoms with E-state index >= 15 is 0 Å². The fourth-order valence-electron chi connectivity index (χ4n) is 9.66. The largest absolute Gasteiger partial charge is 0.318 e. The van der Waals surface area contributed by atoms with Crippen LogP contribution in [0, 0.1) is 0 Å². The van der Waals surface area contributed by atoms with E-state index in [0.29, 0.717) is 0 Å². The minimum atomic E-state index is -0.210. The van der Waals surface area contributed by atoms with Crippen LogP contribution in [0.15, 0.2) is 213 Å². The Morgan fingerprint density at radius 3 is 1.97 bits per heavy atom. The molecule has 1 aliphatic carbocycles. The van der Waals surface area contributed by atoms with Crippen molar-refractivity contribution in [2.24, 2.45) is 0 Å². The normalized spacial score (nSPS) is 14.9. The summed E-state index contributed by atoms with van der Waals surface area (Å²) in [6, 6.07) is 55.0. The molecule has 0 N–H and O–H groups in total. The van der Waals surface area contributed by atoms with Crippen LogP contribution in [-0.4, -0.2) is 4.40 Å². The number of hydrogen-bond acceptors (Lipinski definition) is 2. The quantitative estimate of drug-likeness (QED) is 0.139. The monoisotopic (exact) mass is 786 g/mol. The molecule has 60 heavy (non-hydrogen) atoms. The lowest BCUT2D eigenvalue weighted by molar-refractivity contribution is 0.660. The topological polar surface area (TPSA) is 7.65 Å². The molecule has 286 valence electrons. The van der Waals surface area contributed by atoms with Crippen molar-refractivity contribution in [2.45, 2.75) is 19.3 Å². The maximum atomic E-state index is 4.69. The van der Waals surface area contributed by atoms with Crippen molar-refractivity contribution in [1.29, 1.82) is 0 Å². The fraction of sp³-hybridized carbons (Fsp3) is 0.0526. The van der Waals surface area contributed by atoms with E-state index in [2.05, 4.69) is 212 Å². The fourth-order valence-corrected chi connectivity index (χ4v) is 10.7. The van der Waals surface area contributed by atoms with Crippen LogP contribution in [0.25, 0.3) is 80.5 Å². The highest BCUT2D eigenvalue weighted by atomic mass is 32.1. The average Bonchev–Trinajstić information content (AvgIpc) is 3.98. The maximum absolute atomic E-state index is 4.69. The third kappa shape index (κ3) is 5.47. The van der Waals surface area contributed by atoms with Crippen molar-refractivity contribution in [2.75, 3.05) is 4.90 Å². The Labute approximate surface area is 354 Å². The average molecular weight is 787 g/mol. The van der Waals surface area contributed by atoms with E-state index in [1.807, 2.05) is 17.4 Å². The number of allylic oxidation sites excluding steroid dienone is 7. The summed E-state index contributed by atoms with van der Waals surface area (Å²) in [5, 5.41) is 7.62. The second kappa shape index (κ2) is 13.7. The van der Waals surface area contributed by atoms with E-state index in [1.54, 1.807) is 0 Å². The molecule has 0 radical (unpaired) electrons. The molecule has 0 atom stereocenters. The Balaban J connectivity index is 0.997. The van der Waals surface area contributed by atoms with Crippen LogP contribution < -0.4 is 4.90 Å². The molecule has 3 aromatic heterocycles. The maximum Gasteiger partial charge on any atom is 0.0620 e. The van der Waals surface area contributed by atoms with Crippen LogP contribution in [0.1, 0.15) is 30.5 Å². The lowest BCUT2D eigenvalue weighted by Gasteiger charge is -2.26. The summed E-state index contributed by atoms with van der Waals surface area (Å²) in [5.41, 5.74) is 14.6. The van der Waals surface area contributed by atoms with Gasteiger partial charge >= 0.3 is 0 Å². The SMILES string of the molecule is C=CC(=CC=CN(C(=C)C=C1C(=C)c2ccccc2C1(C)C)c1ccc(-c2ccc3sc4ccccc4c3c2)cc1)c1cc2c3ccccc3n3c4ccccc4c(c1)c23. The smallest absolute Gasteiger partial charge is 0.0620 e. The summed E-state index contributed by atoms with van der Waals surface area (Å²) in [5.74, 6) is 0. The Morgan fingerprint density at radius 1 is 0.650 bits per heavy atom. The summed E-state index contributed by atoms with van der Waals surface area (Å²) in [4.78, 5) is 2.18. The highest BCUT2D eigenvalue weighted by Crippen LogP contribution is 2.49. The van der Waals surface area contributed by atoms with Crippen LogP contribution in [0.3, 0.4) is 0 Å². The lowest BCUT2D eigenvalue weighted by Crippen LogP contribution is -2.18. The Bertz CT molecular complexity index is 3420. The minimum Gasteiger partial charge on any atom is -0.318 e. The summed E-state index contributed by atoms with van der Waals surface area (Å²) in [6.45, 7) is 18.1. The van der Waals surface area contributed by atoms with E-state index in [-0.39, 0.29) is 5.41 Å². The summed E-state index contributed by atoms with van der Waals surface area (Å²) in [7, 11) is 0. The molecule has 0 amide bonds. The summed E-state index contributed by atoms with van der Waals surface area (Å²) >= 11 is 1.85. The predicted molar refractivity (Wildman–Crippen MR) is 261 cm³/mol. The van der Waals surface area contributed by atoms with Gasteiger partial charge in [0.25, 0.3) is 0 Å². The van der Waals surface area contributed by atoms with Crippen molar-refractivity contribution in [1.82, 2.24) is 4.40 Å². The van der Waals surface area contributed by atoms with Gasteiger partial charge in [0, 0.05) is 64.7 Å². The first kappa shape index (κ1) is 35.9. The highest BCUT2D eigenvalue weighted by molar-refractivity contribution is 7.25. The number of nitrogens with zero attached hydrogens (tertiary/aromatic N) is 2. The zero-order chi connectivity index (χ0) is 40.7. The molecule has 1 aliphatic rings. The van der Waals surface area contributed by atoms with Gasteiger partial charge in [0.2, 0.25) is 0 Å². The van der Waals surface area contributed by atoms with Gasteiger partial charge in [0.1, 0.15) is 0 Å². The number of benzene rings is 7. The van der Waals surface area contributed by atoms with Crippen molar-refractivity contribution in [3.8, 4) is 11.1 Å². The van der Waals surface area contributed by atoms with Crippen LogP contribution in [-0.2, 0) is 5.41 Å². The van der Waals surface area contributed by atoms with Gasteiger partial charge < -0.3 is 9.30 Å². The van der Waals surface area contributed by atoms with E-state index < -0.39 is 0 Å². The molecule has 7 aromatic carbocycles. The molecule has 3 heteroatoms. The first-order valence-electron chi connectivity index (χ1n) is 20.5. The van der Waals surface area contributed by atoms with Crippen molar-refractivity contribution >= 4 is 86.4 Å². The van der Waals surface area contributed by atoms with Crippen LogP contribution in [0.5, 0.6) is 0 Å². The predicted octanol–water partition coefficient (Wildman–Crippen LogP) is 15.9. The minimum absolute atomic E-state index is 0.210. The van der Waals surface area contributed by atoms with Gasteiger partial charge in [-0.3, -0.25) is 0 Å². The highest BCUT2D eigenvalue weighted by Gasteiger charge is 2.37. The first-order valence-corrected chi connectivity index (χ1v) is 21.3. The first-order chi connectivity index (χ1) is 29.3. The molecule has 0 saturated heterocycles. The molecular weight excluding hydrogens is 745 g/mol. The molecular formula is C57H42N2S. The second-order valence-corrected chi connectivity index (χ2v) is 17.5. The van der Waals surface area contributed by atoms with E-state index in [1.165, 1.54) is 86.1 Å². The summed E-state index contributed by atoms with van der Waals surface area (Å²) < 4.78 is 5.04. The number of thiophene rings is 1. The zero-order valence-corrected chi connectivity index (χ0v) is 34.6. The Morgan fingerprint density at radius 2 is 1.27 bits per heavy atom. The molecule has 0 spiro atoms. The standard InChI is InChI=1S/C57H42N2S/c1-6-38(41-34-48-44-18-8-12-22-52(44)59-53-23-13-9-19-45(53)49(35-41)56(48)59)16-15-31-58(36(2)32-51-37(3)43-17-7-11-21-50(43)57(51,4)5)42-28-25-39(26-29-42)40-27-30-55-47(33-40)46-20-10-14-24-54(46)60-55/h6-35H,1-3H2,4-5H3. The van der Waals surface area contributed by atoms with Crippen LogP contribution in [0.2, 0.25) is 0 Å². The number of hydrogen-bond donors (Lipinski definition) is 0. The molecule has 3 heterocycles. The van der Waals surface area contributed by atoms with E-state index in [9.17, 15) is 0 Å². The molecule has 0 aliphatic heterocycles. The van der Waals surface area contributed by atoms with Gasteiger partial charge in [-0.15, -0.1) is 11.3 Å². The molecule has 0 saturated carbocycles. The lowest BCUT2D eigenvalue weighted by atomic mass is 9.82. The third-order valence-electron chi connectivity index (χ3n) is 12.7. The Kier molecular flexibility index (Phi) is 8.20. The number of anilines is 1. The van der Waals surface area contributed by atoms with Gasteiger partial charge in [-0.25, -0.2) is 0 Å². The van der Waals surface area contributed by atoms with Gasteiger partial charge in [-0.05, 0) is 111 Å². The third-order valence-corrected chi connectivity index (χ3v) is 13.8. The van der Waals surface area contributed by atoms with Gasteiger partial charge in [0.05, 0.1) is 16.6 Å². The van der Waals surface area contributed by atoms with E-state index in [4.69, 9.17) is 6.58 Å². The van der Waals surface area contributed by atoms with Crippen molar-refractivity contribution in [3.63, 3.8) is 0 Å². The number of para-hydroxylation sites is 2. The van der Waals surface area contributed by atoms with Crippen LogP contribution >= 0.6 is 11.3 Å². The molecule has 10 aromatic rings. The number of fused-ring (bicyclic) bond motifs is 10.